The average molecular weight is 291 g/mol. The van der Waals surface area contributed by atoms with E-state index >= 15 is 0 Å². The van der Waals surface area contributed by atoms with Gasteiger partial charge < -0.3 is 15.3 Å². The maximum absolute atomic E-state index is 11.4. The van der Waals surface area contributed by atoms with Crippen LogP contribution >= 0.6 is 0 Å². The molecule has 0 unspecified atom stereocenters. The van der Waals surface area contributed by atoms with Crippen LogP contribution in [0.25, 0.3) is 0 Å². The largest absolute Gasteiger partial charge is 0.388 e. The summed E-state index contributed by atoms with van der Waals surface area (Å²) >= 11 is 0. The lowest BCUT2D eigenvalue weighted by Gasteiger charge is -2.36. The van der Waals surface area contributed by atoms with Crippen LogP contribution in [0.4, 0.5) is 5.69 Å². The van der Waals surface area contributed by atoms with Crippen LogP contribution in [0.15, 0.2) is 24.3 Å². The first-order valence-electron chi connectivity index (χ1n) is 7.58. The van der Waals surface area contributed by atoms with Gasteiger partial charge in [-0.2, -0.15) is 0 Å². The summed E-state index contributed by atoms with van der Waals surface area (Å²) in [5, 5.41) is 12.3. The molecule has 5 nitrogen and oxygen atoms in total. The Hall–Kier alpha value is -1.59. The monoisotopic (exact) mass is 291 g/mol. The van der Waals surface area contributed by atoms with Crippen LogP contribution in [0, 0.1) is 0 Å². The first-order valence-corrected chi connectivity index (χ1v) is 7.58. The molecule has 116 valence electrons. The summed E-state index contributed by atoms with van der Waals surface area (Å²) < 4.78 is 0. The Morgan fingerprint density at radius 3 is 2.71 bits per heavy atom. The molecule has 21 heavy (non-hydrogen) atoms. The summed E-state index contributed by atoms with van der Waals surface area (Å²) in [5.41, 5.74) is 2.36. The van der Waals surface area contributed by atoms with Gasteiger partial charge >= 0.3 is 0 Å². The van der Waals surface area contributed by atoms with Crippen LogP contribution in [0.2, 0.25) is 0 Å². The van der Waals surface area contributed by atoms with E-state index in [1.54, 1.807) is 0 Å². The number of nitrogens with one attached hydrogen (secondary N) is 1. The fraction of sp³-hybridized carbons (Fsp3) is 0.562. The van der Waals surface area contributed by atoms with Crippen molar-refractivity contribution in [3.8, 4) is 0 Å². The van der Waals surface area contributed by atoms with Crippen LogP contribution in [-0.2, 0) is 11.2 Å². The number of carbonyl (C=O) groups is 1. The molecule has 0 radical (unpaired) electrons. The normalized spacial score (nSPS) is 16.7. The summed E-state index contributed by atoms with van der Waals surface area (Å²) in [6, 6.07) is 8.49. The molecule has 1 saturated heterocycles. The second kappa shape index (κ2) is 8.00. The van der Waals surface area contributed by atoms with Crippen molar-refractivity contribution in [2.45, 2.75) is 25.3 Å². The van der Waals surface area contributed by atoms with Gasteiger partial charge in [-0.1, -0.05) is 18.2 Å². The fourth-order valence-corrected chi connectivity index (χ4v) is 2.95. The Morgan fingerprint density at radius 1 is 1.38 bits per heavy atom. The highest BCUT2D eigenvalue weighted by Gasteiger charge is 2.23. The van der Waals surface area contributed by atoms with Crippen LogP contribution in [0.1, 0.15) is 18.4 Å². The number of aliphatic hydroxyl groups is 1. The molecule has 0 bridgehead atoms. The number of hydrogen-bond donors (Lipinski definition) is 2. The van der Waals surface area contributed by atoms with Gasteiger partial charge in [0.2, 0.25) is 6.41 Å². The van der Waals surface area contributed by atoms with E-state index in [1.165, 1.54) is 5.56 Å². The Bertz CT molecular complexity index is 445. The van der Waals surface area contributed by atoms with Gasteiger partial charge in [0, 0.05) is 38.4 Å². The number of rotatable bonds is 7. The van der Waals surface area contributed by atoms with E-state index < -0.39 is 0 Å². The molecule has 0 atom stereocenters. The Kier molecular flexibility index (Phi) is 6.02. The average Bonchev–Trinajstić information content (AvgIpc) is 2.56. The number of anilines is 1. The minimum atomic E-state index is 0.114. The molecule has 2 N–H and O–H groups in total. The van der Waals surface area contributed by atoms with Crippen molar-refractivity contribution in [1.82, 2.24) is 9.80 Å². The van der Waals surface area contributed by atoms with Gasteiger partial charge in [-0.3, -0.25) is 9.69 Å². The molecule has 0 aliphatic carbocycles. The van der Waals surface area contributed by atoms with Gasteiger partial charge in [-0.05, 0) is 30.9 Å². The summed E-state index contributed by atoms with van der Waals surface area (Å²) in [4.78, 5) is 15.3. The van der Waals surface area contributed by atoms with E-state index in [9.17, 15) is 4.79 Å². The topological polar surface area (TPSA) is 55.8 Å². The molecule has 1 fully saturated rings. The smallest absolute Gasteiger partial charge is 0.209 e. The first-order chi connectivity index (χ1) is 10.3. The molecule has 1 heterocycles. The molecular formula is C16H25N3O2. The lowest BCUT2D eigenvalue weighted by atomic mass is 10.0. The van der Waals surface area contributed by atoms with E-state index in [2.05, 4.69) is 17.4 Å². The highest BCUT2D eigenvalue weighted by Crippen LogP contribution is 2.18. The minimum absolute atomic E-state index is 0.114. The predicted octanol–water partition coefficient (Wildman–Crippen LogP) is 1.14. The van der Waals surface area contributed by atoms with Crippen molar-refractivity contribution >= 4 is 12.1 Å². The maximum atomic E-state index is 11.4. The summed E-state index contributed by atoms with van der Waals surface area (Å²) in [5.74, 6) is 0. The number of benzene rings is 1. The molecule has 1 aromatic carbocycles. The zero-order chi connectivity index (χ0) is 15.1. The molecule has 1 amide bonds. The Balaban J connectivity index is 1.89. The van der Waals surface area contributed by atoms with Crippen LogP contribution in [0.3, 0.4) is 0 Å². The fourth-order valence-electron chi connectivity index (χ4n) is 2.95. The summed E-state index contributed by atoms with van der Waals surface area (Å²) in [7, 11) is 1.92. The number of amides is 1. The second-order valence-electron chi connectivity index (χ2n) is 5.49. The molecule has 1 aromatic rings. The van der Waals surface area contributed by atoms with Gasteiger partial charge in [-0.25, -0.2) is 0 Å². The number of piperidine rings is 1. The van der Waals surface area contributed by atoms with E-state index in [1.807, 2.05) is 29.0 Å². The van der Waals surface area contributed by atoms with Crippen molar-refractivity contribution in [2.24, 2.45) is 0 Å². The van der Waals surface area contributed by atoms with Gasteiger partial charge in [0.1, 0.15) is 0 Å². The van der Waals surface area contributed by atoms with Gasteiger partial charge in [0.05, 0.1) is 6.73 Å². The minimum Gasteiger partial charge on any atom is -0.388 e. The standard InChI is InChI=1S/C16H25N3O2/c1-17-16-5-3-2-4-14(16)6-11-19(13-21)15-7-9-18(12-20)10-8-15/h2-5,13,15,17,20H,6-12H2,1H3. The first kappa shape index (κ1) is 15.8. The van der Waals surface area contributed by atoms with Crippen molar-refractivity contribution in [3.63, 3.8) is 0 Å². The highest BCUT2D eigenvalue weighted by atomic mass is 16.3. The van der Waals surface area contributed by atoms with E-state index in [0.717, 1.165) is 51.0 Å². The van der Waals surface area contributed by atoms with Crippen LogP contribution in [0.5, 0.6) is 0 Å². The summed E-state index contributed by atoms with van der Waals surface area (Å²) in [6.45, 7) is 2.58. The maximum Gasteiger partial charge on any atom is 0.209 e. The van der Waals surface area contributed by atoms with Crippen LogP contribution in [-0.4, -0.2) is 60.8 Å². The van der Waals surface area contributed by atoms with Gasteiger partial charge in [0.25, 0.3) is 0 Å². The molecule has 0 saturated carbocycles. The molecule has 0 spiro atoms. The molecule has 0 aromatic heterocycles. The quantitative estimate of drug-likeness (QED) is 0.740. The molecule has 5 heteroatoms. The van der Waals surface area contributed by atoms with E-state index in [0.29, 0.717) is 6.04 Å². The summed E-state index contributed by atoms with van der Waals surface area (Å²) in [6.07, 6.45) is 3.71. The SMILES string of the molecule is CNc1ccccc1CCN(C=O)C1CCN(CO)CC1. The van der Waals surface area contributed by atoms with Crippen molar-refractivity contribution in [3.05, 3.63) is 29.8 Å². The number of nitrogens with zero attached hydrogens (tertiary/aromatic N) is 2. The van der Waals surface area contributed by atoms with E-state index in [-0.39, 0.29) is 6.73 Å². The third-order valence-corrected chi connectivity index (χ3v) is 4.29. The molecule has 2 rings (SSSR count). The van der Waals surface area contributed by atoms with Crippen molar-refractivity contribution in [2.75, 3.05) is 38.7 Å². The second-order valence-corrected chi connectivity index (χ2v) is 5.49. The number of hydrogen-bond acceptors (Lipinski definition) is 4. The van der Waals surface area contributed by atoms with Crippen LogP contribution < -0.4 is 5.32 Å². The predicted molar refractivity (Wildman–Crippen MR) is 84.1 cm³/mol. The zero-order valence-electron chi connectivity index (χ0n) is 12.7. The molecule has 1 aliphatic heterocycles. The van der Waals surface area contributed by atoms with Crippen molar-refractivity contribution < 1.29 is 9.90 Å². The highest BCUT2D eigenvalue weighted by molar-refractivity contribution is 5.52. The van der Waals surface area contributed by atoms with Gasteiger partial charge in [0.15, 0.2) is 0 Å². The van der Waals surface area contributed by atoms with Crippen molar-refractivity contribution in [1.29, 1.82) is 0 Å². The van der Waals surface area contributed by atoms with Gasteiger partial charge in [-0.15, -0.1) is 0 Å². The third kappa shape index (κ3) is 4.19. The number of carbonyl (C=O) groups excluding carboxylic acids is 1. The lowest BCUT2D eigenvalue weighted by Crippen LogP contribution is -2.45. The Morgan fingerprint density at radius 2 is 2.10 bits per heavy atom. The Labute approximate surface area is 126 Å². The van der Waals surface area contributed by atoms with E-state index in [4.69, 9.17) is 5.11 Å². The third-order valence-electron chi connectivity index (χ3n) is 4.29. The zero-order valence-corrected chi connectivity index (χ0v) is 12.7. The molecule has 1 aliphatic rings. The lowest BCUT2D eigenvalue weighted by molar-refractivity contribution is -0.121. The number of para-hydroxylation sites is 1. The number of likely N-dealkylation sites (tertiary alicyclic amines) is 1. The molecular weight excluding hydrogens is 266 g/mol. The number of aliphatic hydroxyl groups excluding tert-OH is 1.